The maximum atomic E-state index is 11.7. The number of aryl methyl sites for hydroxylation is 2. The number of hydrogen-bond acceptors (Lipinski definition) is 3. The van der Waals surface area contributed by atoms with Gasteiger partial charge >= 0.3 is 0 Å². The molecule has 0 N–H and O–H groups in total. The third-order valence-electron chi connectivity index (χ3n) is 5.35. The summed E-state index contributed by atoms with van der Waals surface area (Å²) in [5.41, 5.74) is 6.93. The van der Waals surface area contributed by atoms with Gasteiger partial charge < -0.3 is 4.90 Å². The first kappa shape index (κ1) is 19.8. The standard InChI is InChI=1S/C21H17Br2ClN2O2/c22-15-7-14-2-1-13-8-16(24)9-17(23)19(13)20(21(14)25-10-15)12-3-5-26(6-4-12)18(28)11-27/h7-11H,1-6H2. The first-order valence-electron chi connectivity index (χ1n) is 9.07. The van der Waals surface area contributed by atoms with E-state index in [0.717, 1.165) is 51.5 Å². The molecule has 7 heteroatoms. The minimum atomic E-state index is -0.444. The van der Waals surface area contributed by atoms with Gasteiger partial charge in [-0.2, -0.15) is 0 Å². The van der Waals surface area contributed by atoms with Crippen LogP contribution in [0.5, 0.6) is 0 Å². The lowest BCUT2D eigenvalue weighted by Gasteiger charge is -2.29. The third-order valence-corrected chi connectivity index (χ3v) is 6.63. The second-order valence-corrected chi connectivity index (χ2v) is 9.21. The van der Waals surface area contributed by atoms with Crippen molar-refractivity contribution in [1.29, 1.82) is 0 Å². The Morgan fingerprint density at radius 3 is 2.50 bits per heavy atom. The molecule has 1 aromatic heterocycles. The van der Waals surface area contributed by atoms with Crippen LogP contribution in [0, 0.1) is 0 Å². The third kappa shape index (κ3) is 3.70. The molecule has 1 aliphatic carbocycles. The highest BCUT2D eigenvalue weighted by molar-refractivity contribution is 9.10. The van der Waals surface area contributed by atoms with E-state index in [2.05, 4.69) is 37.9 Å². The molecule has 0 saturated carbocycles. The Morgan fingerprint density at radius 1 is 1.07 bits per heavy atom. The van der Waals surface area contributed by atoms with Gasteiger partial charge in [0, 0.05) is 44.4 Å². The number of pyridine rings is 1. The van der Waals surface area contributed by atoms with E-state index in [0.29, 0.717) is 24.4 Å². The van der Waals surface area contributed by atoms with Crippen LogP contribution in [0.4, 0.5) is 0 Å². The molecular formula is C21H17Br2ClN2O2. The first-order chi connectivity index (χ1) is 13.5. The van der Waals surface area contributed by atoms with Crippen LogP contribution in [0.15, 0.2) is 38.9 Å². The molecule has 2 heterocycles. The van der Waals surface area contributed by atoms with E-state index in [1.807, 2.05) is 18.3 Å². The molecule has 0 radical (unpaired) electrons. The Labute approximate surface area is 185 Å². The van der Waals surface area contributed by atoms with Gasteiger partial charge in [-0.25, -0.2) is 0 Å². The van der Waals surface area contributed by atoms with Crippen LogP contribution in [0.1, 0.15) is 35.2 Å². The summed E-state index contributed by atoms with van der Waals surface area (Å²) in [5, 5.41) is 0.710. The number of carbonyl (C=O) groups is 2. The lowest BCUT2D eigenvalue weighted by Crippen LogP contribution is -2.37. The fourth-order valence-electron chi connectivity index (χ4n) is 4.05. The SMILES string of the molecule is O=CC(=O)N1CCC(=C2c3ncc(Br)cc3CCc3cc(Cl)cc(Br)c32)CC1. The summed E-state index contributed by atoms with van der Waals surface area (Å²) in [7, 11) is 0. The lowest BCUT2D eigenvalue weighted by molar-refractivity contribution is -0.139. The summed E-state index contributed by atoms with van der Waals surface area (Å²) < 4.78 is 1.92. The summed E-state index contributed by atoms with van der Waals surface area (Å²) in [6, 6.07) is 6.10. The summed E-state index contributed by atoms with van der Waals surface area (Å²) in [6.07, 6.45) is 5.44. The number of amides is 1. The molecule has 2 aliphatic rings. The zero-order chi connectivity index (χ0) is 19.8. The van der Waals surface area contributed by atoms with E-state index in [1.54, 1.807) is 4.90 Å². The maximum Gasteiger partial charge on any atom is 0.286 e. The minimum Gasteiger partial charge on any atom is -0.336 e. The van der Waals surface area contributed by atoms with E-state index in [4.69, 9.17) is 16.6 Å². The molecule has 1 amide bonds. The van der Waals surface area contributed by atoms with Gasteiger partial charge in [0.1, 0.15) is 0 Å². The van der Waals surface area contributed by atoms with Crippen molar-refractivity contribution < 1.29 is 9.59 Å². The molecule has 0 bridgehead atoms. The number of benzene rings is 1. The molecule has 4 rings (SSSR count). The zero-order valence-corrected chi connectivity index (χ0v) is 18.9. The number of aldehydes is 1. The number of carbonyl (C=O) groups excluding carboxylic acids is 2. The number of rotatable bonds is 1. The molecule has 1 fully saturated rings. The van der Waals surface area contributed by atoms with Gasteiger partial charge in [-0.1, -0.05) is 33.1 Å². The summed E-state index contributed by atoms with van der Waals surface area (Å²) in [6.45, 7) is 1.09. The summed E-state index contributed by atoms with van der Waals surface area (Å²) in [4.78, 5) is 29.0. The highest BCUT2D eigenvalue weighted by atomic mass is 79.9. The lowest BCUT2D eigenvalue weighted by atomic mass is 9.88. The summed E-state index contributed by atoms with van der Waals surface area (Å²) >= 11 is 13.6. The van der Waals surface area contributed by atoms with Crippen LogP contribution in [0.3, 0.4) is 0 Å². The van der Waals surface area contributed by atoms with Crippen LogP contribution >= 0.6 is 43.5 Å². The Hall–Kier alpha value is -1.50. The molecule has 0 spiro atoms. The van der Waals surface area contributed by atoms with Gasteiger partial charge in [-0.15, -0.1) is 0 Å². The van der Waals surface area contributed by atoms with Gasteiger partial charge in [-0.3, -0.25) is 14.6 Å². The number of fused-ring (bicyclic) bond motifs is 2. The number of piperidine rings is 1. The number of likely N-dealkylation sites (tertiary alicyclic amines) is 1. The molecule has 0 unspecified atom stereocenters. The quantitative estimate of drug-likeness (QED) is 0.391. The van der Waals surface area contributed by atoms with Crippen molar-refractivity contribution in [3.05, 3.63) is 66.3 Å². The van der Waals surface area contributed by atoms with Crippen molar-refractivity contribution in [3.63, 3.8) is 0 Å². The topological polar surface area (TPSA) is 50.3 Å². The Kier molecular flexibility index (Phi) is 5.72. The second-order valence-electron chi connectivity index (χ2n) is 7.00. The average molecular weight is 525 g/mol. The molecule has 2 aromatic rings. The van der Waals surface area contributed by atoms with Crippen LogP contribution < -0.4 is 0 Å². The van der Waals surface area contributed by atoms with E-state index < -0.39 is 5.91 Å². The largest absolute Gasteiger partial charge is 0.336 e. The van der Waals surface area contributed by atoms with Gasteiger partial charge in [-0.05, 0) is 70.9 Å². The number of nitrogens with zero attached hydrogens (tertiary/aromatic N) is 2. The highest BCUT2D eigenvalue weighted by Gasteiger charge is 2.28. The number of halogens is 3. The number of hydrogen-bond donors (Lipinski definition) is 0. The van der Waals surface area contributed by atoms with E-state index in [9.17, 15) is 9.59 Å². The Morgan fingerprint density at radius 2 is 1.79 bits per heavy atom. The van der Waals surface area contributed by atoms with E-state index in [-0.39, 0.29) is 0 Å². The average Bonchev–Trinajstić information content (AvgIpc) is 2.84. The highest BCUT2D eigenvalue weighted by Crippen LogP contribution is 2.42. The fraction of sp³-hybridized carbons (Fsp3) is 0.286. The van der Waals surface area contributed by atoms with Gasteiger partial charge in [0.05, 0.1) is 5.69 Å². The van der Waals surface area contributed by atoms with Crippen molar-refractivity contribution in [2.45, 2.75) is 25.7 Å². The van der Waals surface area contributed by atoms with Gasteiger partial charge in [0.2, 0.25) is 6.29 Å². The van der Waals surface area contributed by atoms with E-state index in [1.165, 1.54) is 16.7 Å². The maximum absolute atomic E-state index is 11.7. The molecule has 4 nitrogen and oxygen atoms in total. The predicted molar refractivity (Wildman–Crippen MR) is 116 cm³/mol. The second kappa shape index (κ2) is 8.09. The first-order valence-corrected chi connectivity index (χ1v) is 11.0. The van der Waals surface area contributed by atoms with Crippen molar-refractivity contribution >= 4 is 61.2 Å². The van der Waals surface area contributed by atoms with Gasteiger partial charge in [0.15, 0.2) is 0 Å². The Balaban J connectivity index is 1.88. The monoisotopic (exact) mass is 522 g/mol. The smallest absolute Gasteiger partial charge is 0.286 e. The van der Waals surface area contributed by atoms with Gasteiger partial charge in [0.25, 0.3) is 5.91 Å². The van der Waals surface area contributed by atoms with Crippen molar-refractivity contribution in [1.82, 2.24) is 9.88 Å². The molecule has 1 aliphatic heterocycles. The Bertz CT molecular complexity index is 1010. The number of aromatic nitrogens is 1. The van der Waals surface area contributed by atoms with Crippen LogP contribution in [-0.2, 0) is 22.4 Å². The summed E-state index contributed by atoms with van der Waals surface area (Å²) in [5.74, 6) is -0.444. The van der Waals surface area contributed by atoms with Crippen molar-refractivity contribution in [2.24, 2.45) is 0 Å². The molecule has 1 aromatic carbocycles. The molecule has 0 atom stereocenters. The predicted octanol–water partition coefficient (Wildman–Crippen LogP) is 4.98. The van der Waals surface area contributed by atoms with Crippen molar-refractivity contribution in [2.75, 3.05) is 13.1 Å². The molecule has 144 valence electrons. The normalized spacial score (nSPS) is 16.3. The van der Waals surface area contributed by atoms with E-state index >= 15 is 0 Å². The molecular weight excluding hydrogens is 508 g/mol. The molecule has 28 heavy (non-hydrogen) atoms. The minimum absolute atomic E-state index is 0.395. The van der Waals surface area contributed by atoms with Crippen LogP contribution in [0.2, 0.25) is 5.02 Å². The van der Waals surface area contributed by atoms with Crippen molar-refractivity contribution in [3.8, 4) is 0 Å². The fourth-order valence-corrected chi connectivity index (χ4v) is 5.51. The van der Waals surface area contributed by atoms with Crippen LogP contribution in [-0.4, -0.2) is 35.2 Å². The van der Waals surface area contributed by atoms with Crippen LogP contribution in [0.25, 0.3) is 5.57 Å². The zero-order valence-electron chi connectivity index (χ0n) is 15.0. The molecule has 1 saturated heterocycles.